The van der Waals surface area contributed by atoms with Gasteiger partial charge in [0.1, 0.15) is 0 Å². The number of carbonyl (C=O) groups excluding carboxylic acids is 2. The Kier molecular flexibility index (Phi) is 7.44. The first kappa shape index (κ1) is 27.8. The van der Waals surface area contributed by atoms with Crippen LogP contribution < -0.4 is 15.4 Å². The molecule has 2 fully saturated rings. The maximum atomic E-state index is 13.2. The number of ether oxygens (including phenoxy) is 1. The SMILES string of the molecule is C=CC(=O)N1CCC2(CC(n3c(NC(=O)c4ccc(OC)nc4)nc4cc(CN[C@@H](C)C(C)(C)C)ccc43)C2)C1. The molecule has 0 unspecified atom stereocenters. The van der Waals surface area contributed by atoms with Crippen LogP contribution in [0.2, 0.25) is 0 Å². The predicted molar refractivity (Wildman–Crippen MR) is 156 cm³/mol. The standard InChI is InChI=1S/C31H40N6O3/c1-7-27(38)36-13-12-31(19-36)15-23(16-31)37-25-10-8-21(17-32-20(2)30(3,4)5)14-24(25)34-29(37)35-28(39)22-9-11-26(40-6)33-18-22/h7-11,14,18,20,23,32H,1,12-13,15-17,19H2,2-6H3,(H,34,35,39)/t20-,23?,31?/m0/s1. The molecule has 2 N–H and O–H groups in total. The van der Waals surface area contributed by atoms with Crippen LogP contribution in [0.1, 0.15) is 68.9 Å². The van der Waals surface area contributed by atoms with E-state index in [9.17, 15) is 9.59 Å². The van der Waals surface area contributed by atoms with Crippen molar-refractivity contribution in [2.45, 2.75) is 65.6 Å². The number of aromatic nitrogens is 3. The molecular weight excluding hydrogens is 504 g/mol. The summed E-state index contributed by atoms with van der Waals surface area (Å²) in [6.07, 6.45) is 5.74. The number of benzene rings is 1. The molecule has 2 aromatic heterocycles. The largest absolute Gasteiger partial charge is 0.481 e. The van der Waals surface area contributed by atoms with Crippen LogP contribution in [0.4, 0.5) is 5.95 Å². The maximum Gasteiger partial charge on any atom is 0.259 e. The molecule has 1 spiro atoms. The predicted octanol–water partition coefficient (Wildman–Crippen LogP) is 4.96. The van der Waals surface area contributed by atoms with E-state index in [4.69, 9.17) is 9.72 Å². The third-order valence-corrected chi connectivity index (χ3v) is 8.73. The monoisotopic (exact) mass is 544 g/mol. The van der Waals surface area contributed by atoms with Crippen molar-refractivity contribution >= 4 is 28.8 Å². The molecule has 9 nitrogen and oxygen atoms in total. The molecule has 0 radical (unpaired) electrons. The minimum Gasteiger partial charge on any atom is -0.481 e. The quantitative estimate of drug-likeness (QED) is 0.389. The molecule has 40 heavy (non-hydrogen) atoms. The van der Waals surface area contributed by atoms with Crippen molar-refractivity contribution in [3.63, 3.8) is 0 Å². The van der Waals surface area contributed by atoms with Gasteiger partial charge >= 0.3 is 0 Å². The number of hydrogen-bond donors (Lipinski definition) is 2. The molecule has 1 atom stereocenters. The highest BCUT2D eigenvalue weighted by Gasteiger charge is 2.50. The van der Waals surface area contributed by atoms with Crippen molar-refractivity contribution in [2.75, 3.05) is 25.5 Å². The third-order valence-electron chi connectivity index (χ3n) is 8.73. The number of carbonyl (C=O) groups is 2. The highest BCUT2D eigenvalue weighted by Crippen LogP contribution is 2.55. The Hall–Kier alpha value is -3.72. The number of hydrogen-bond acceptors (Lipinski definition) is 6. The molecular formula is C31H40N6O3. The van der Waals surface area contributed by atoms with E-state index in [1.807, 2.05) is 4.90 Å². The van der Waals surface area contributed by atoms with Crippen LogP contribution in [-0.2, 0) is 11.3 Å². The van der Waals surface area contributed by atoms with Gasteiger partial charge in [0, 0.05) is 44.0 Å². The number of rotatable bonds is 8. The molecule has 2 aliphatic rings. The zero-order valence-electron chi connectivity index (χ0n) is 24.2. The number of amides is 2. The van der Waals surface area contributed by atoms with Crippen molar-refractivity contribution in [1.82, 2.24) is 24.8 Å². The maximum absolute atomic E-state index is 13.2. The number of pyridine rings is 1. The summed E-state index contributed by atoms with van der Waals surface area (Å²) in [6.45, 7) is 14.8. The Labute approximate surface area is 236 Å². The van der Waals surface area contributed by atoms with Gasteiger partial charge in [0.05, 0.1) is 23.7 Å². The van der Waals surface area contributed by atoms with Crippen LogP contribution in [0.5, 0.6) is 5.88 Å². The molecule has 5 rings (SSSR count). The number of methoxy groups -OCH3 is 1. The second kappa shape index (κ2) is 10.7. The van der Waals surface area contributed by atoms with Crippen LogP contribution in [-0.4, -0.2) is 57.5 Å². The van der Waals surface area contributed by atoms with Crippen LogP contribution >= 0.6 is 0 Å². The highest BCUT2D eigenvalue weighted by atomic mass is 16.5. The lowest BCUT2D eigenvalue weighted by Crippen LogP contribution is -2.42. The number of likely N-dealkylation sites (tertiary alicyclic amines) is 1. The van der Waals surface area contributed by atoms with E-state index in [1.165, 1.54) is 12.3 Å². The zero-order chi connectivity index (χ0) is 28.7. The first-order chi connectivity index (χ1) is 19.0. The van der Waals surface area contributed by atoms with Gasteiger partial charge in [-0.1, -0.05) is 33.4 Å². The second-order valence-corrected chi connectivity index (χ2v) is 12.4. The molecule has 9 heteroatoms. The van der Waals surface area contributed by atoms with Crippen molar-refractivity contribution in [1.29, 1.82) is 0 Å². The summed E-state index contributed by atoms with van der Waals surface area (Å²) in [5.41, 5.74) is 3.68. The van der Waals surface area contributed by atoms with E-state index in [1.54, 1.807) is 19.2 Å². The van der Waals surface area contributed by atoms with Gasteiger partial charge in [-0.15, -0.1) is 0 Å². The zero-order valence-corrected chi connectivity index (χ0v) is 24.2. The Bertz CT molecular complexity index is 1420. The van der Waals surface area contributed by atoms with Crippen LogP contribution in [0.3, 0.4) is 0 Å². The van der Waals surface area contributed by atoms with Gasteiger partial charge in [0.15, 0.2) is 0 Å². The first-order valence-corrected chi connectivity index (χ1v) is 14.0. The summed E-state index contributed by atoms with van der Waals surface area (Å²) in [5.74, 6) is 0.702. The Morgan fingerprint density at radius 1 is 1.25 bits per heavy atom. The molecule has 0 bridgehead atoms. The van der Waals surface area contributed by atoms with E-state index < -0.39 is 0 Å². The minimum absolute atomic E-state index is 0.00335. The van der Waals surface area contributed by atoms with E-state index in [0.717, 1.165) is 55.5 Å². The fraction of sp³-hybridized carbons (Fsp3) is 0.484. The lowest BCUT2D eigenvalue weighted by atomic mass is 9.64. The molecule has 2 amide bonds. The van der Waals surface area contributed by atoms with Gasteiger partial charge in [0.2, 0.25) is 17.7 Å². The van der Waals surface area contributed by atoms with Crippen molar-refractivity contribution in [3.05, 3.63) is 60.3 Å². The van der Waals surface area contributed by atoms with Gasteiger partial charge in [-0.05, 0) is 66.9 Å². The van der Waals surface area contributed by atoms with Crippen LogP contribution in [0.15, 0.2) is 49.2 Å². The summed E-state index contributed by atoms with van der Waals surface area (Å²) in [7, 11) is 1.54. The fourth-order valence-corrected chi connectivity index (χ4v) is 5.81. The number of fused-ring (bicyclic) bond motifs is 1. The number of imidazole rings is 1. The van der Waals surface area contributed by atoms with Gasteiger partial charge in [-0.2, -0.15) is 0 Å². The molecule has 212 valence electrons. The molecule has 1 saturated carbocycles. The van der Waals surface area contributed by atoms with E-state index in [-0.39, 0.29) is 28.7 Å². The average Bonchev–Trinajstić information content (AvgIpc) is 3.51. The molecule has 1 aliphatic heterocycles. The minimum atomic E-state index is -0.273. The summed E-state index contributed by atoms with van der Waals surface area (Å²) >= 11 is 0. The topological polar surface area (TPSA) is 101 Å². The Balaban J connectivity index is 1.41. The highest BCUT2D eigenvalue weighted by molar-refractivity contribution is 6.04. The smallest absolute Gasteiger partial charge is 0.259 e. The van der Waals surface area contributed by atoms with E-state index in [2.05, 4.69) is 72.7 Å². The average molecular weight is 545 g/mol. The van der Waals surface area contributed by atoms with Gasteiger partial charge in [-0.3, -0.25) is 14.9 Å². The molecule has 1 saturated heterocycles. The Morgan fingerprint density at radius 2 is 2.02 bits per heavy atom. The lowest BCUT2D eigenvalue weighted by Gasteiger charge is -2.46. The lowest BCUT2D eigenvalue weighted by molar-refractivity contribution is -0.125. The van der Waals surface area contributed by atoms with E-state index >= 15 is 0 Å². The number of nitrogens with one attached hydrogen (secondary N) is 2. The summed E-state index contributed by atoms with van der Waals surface area (Å²) in [6, 6.07) is 10.2. The van der Waals surface area contributed by atoms with Gasteiger partial charge in [-0.25, -0.2) is 9.97 Å². The summed E-state index contributed by atoms with van der Waals surface area (Å²) in [5, 5.41) is 6.67. The normalized spacial score (nSPS) is 21.3. The van der Waals surface area contributed by atoms with Crippen molar-refractivity contribution < 1.29 is 14.3 Å². The molecule has 1 aliphatic carbocycles. The third kappa shape index (κ3) is 5.47. The first-order valence-electron chi connectivity index (χ1n) is 14.0. The van der Waals surface area contributed by atoms with Crippen LogP contribution in [0, 0.1) is 10.8 Å². The summed E-state index contributed by atoms with van der Waals surface area (Å²) in [4.78, 5) is 36.4. The molecule has 1 aromatic carbocycles. The number of nitrogens with zero attached hydrogens (tertiary/aromatic N) is 4. The molecule has 3 heterocycles. The van der Waals surface area contributed by atoms with Gasteiger partial charge in [0.25, 0.3) is 5.91 Å². The fourth-order valence-electron chi connectivity index (χ4n) is 5.81. The van der Waals surface area contributed by atoms with Crippen LogP contribution in [0.25, 0.3) is 11.0 Å². The van der Waals surface area contributed by atoms with Gasteiger partial charge < -0.3 is 19.5 Å². The Morgan fingerprint density at radius 3 is 2.67 bits per heavy atom. The van der Waals surface area contributed by atoms with E-state index in [0.29, 0.717) is 23.4 Å². The summed E-state index contributed by atoms with van der Waals surface area (Å²) < 4.78 is 7.29. The van der Waals surface area contributed by atoms with Crippen molar-refractivity contribution in [3.8, 4) is 5.88 Å². The van der Waals surface area contributed by atoms with Crippen molar-refractivity contribution in [2.24, 2.45) is 10.8 Å². The second-order valence-electron chi connectivity index (χ2n) is 12.4. The number of anilines is 1. The molecule has 3 aromatic rings.